The van der Waals surface area contributed by atoms with Gasteiger partial charge in [-0.1, -0.05) is 0 Å². The lowest BCUT2D eigenvalue weighted by molar-refractivity contribution is -0.142. The van der Waals surface area contributed by atoms with Crippen molar-refractivity contribution in [2.24, 2.45) is 5.92 Å². The van der Waals surface area contributed by atoms with E-state index in [4.69, 9.17) is 5.11 Å². The second-order valence-corrected chi connectivity index (χ2v) is 9.95. The summed E-state index contributed by atoms with van der Waals surface area (Å²) in [6.07, 6.45) is 0.512. The number of sulfonamides is 1. The molecule has 2 atom stereocenters. The predicted octanol–water partition coefficient (Wildman–Crippen LogP) is -0.312. The van der Waals surface area contributed by atoms with Gasteiger partial charge in [0.1, 0.15) is 9.84 Å². The second-order valence-electron chi connectivity index (χ2n) is 5.48. The van der Waals surface area contributed by atoms with Crippen molar-refractivity contribution in [3.8, 4) is 0 Å². The normalized spacial score (nSPS) is 32.2. The molecule has 0 saturated carbocycles. The molecule has 2 rings (SSSR count). The molecular weight excluding hydrogens is 306 g/mol. The largest absolute Gasteiger partial charge is 0.481 e. The van der Waals surface area contributed by atoms with Crippen LogP contribution in [0.1, 0.15) is 26.2 Å². The van der Waals surface area contributed by atoms with Crippen LogP contribution in [-0.2, 0) is 24.7 Å². The third kappa shape index (κ3) is 2.84. The molecule has 2 aliphatic rings. The summed E-state index contributed by atoms with van der Waals surface area (Å²) in [7, 11) is -6.74. The molecule has 0 aromatic carbocycles. The zero-order valence-corrected chi connectivity index (χ0v) is 12.9. The van der Waals surface area contributed by atoms with E-state index in [9.17, 15) is 21.6 Å². The summed E-state index contributed by atoms with van der Waals surface area (Å²) < 4.78 is 49.0. The van der Waals surface area contributed by atoms with Gasteiger partial charge in [-0.3, -0.25) is 4.79 Å². The summed E-state index contributed by atoms with van der Waals surface area (Å²) in [4.78, 5) is 11.0. The van der Waals surface area contributed by atoms with E-state index in [0.717, 1.165) is 0 Å². The van der Waals surface area contributed by atoms with Crippen LogP contribution in [0.4, 0.5) is 0 Å². The van der Waals surface area contributed by atoms with Crippen molar-refractivity contribution in [3.05, 3.63) is 0 Å². The Kier molecular flexibility index (Phi) is 4.14. The van der Waals surface area contributed by atoms with Gasteiger partial charge in [0.05, 0.1) is 22.7 Å². The molecular formula is C11H19NO6S2. The molecule has 2 aliphatic heterocycles. The van der Waals surface area contributed by atoms with Crippen LogP contribution in [0.2, 0.25) is 0 Å². The van der Waals surface area contributed by atoms with E-state index in [0.29, 0.717) is 6.42 Å². The first-order chi connectivity index (χ1) is 9.15. The number of nitrogens with zero attached hydrogens (tertiary/aromatic N) is 1. The highest BCUT2D eigenvalue weighted by molar-refractivity contribution is 7.92. The molecule has 0 aromatic rings. The summed E-state index contributed by atoms with van der Waals surface area (Å²) in [5.41, 5.74) is 0. The lowest BCUT2D eigenvalue weighted by Crippen LogP contribution is -2.45. The number of carboxylic acid groups (broad SMARTS) is 1. The van der Waals surface area contributed by atoms with Gasteiger partial charge in [0, 0.05) is 12.6 Å². The Bertz CT molecular complexity index is 582. The fourth-order valence-electron chi connectivity index (χ4n) is 2.96. The van der Waals surface area contributed by atoms with Crippen LogP contribution in [-0.4, -0.2) is 61.6 Å². The van der Waals surface area contributed by atoms with Crippen molar-refractivity contribution < 1.29 is 26.7 Å². The summed E-state index contributed by atoms with van der Waals surface area (Å²) in [6.45, 7) is 1.80. The smallest absolute Gasteiger partial charge is 0.308 e. The monoisotopic (exact) mass is 325 g/mol. The average molecular weight is 325 g/mol. The van der Waals surface area contributed by atoms with Crippen LogP contribution in [0.15, 0.2) is 0 Å². The Hall–Kier alpha value is -0.670. The minimum Gasteiger partial charge on any atom is -0.481 e. The van der Waals surface area contributed by atoms with Gasteiger partial charge in [-0.05, 0) is 26.2 Å². The first-order valence-corrected chi connectivity index (χ1v) is 9.91. The van der Waals surface area contributed by atoms with Gasteiger partial charge in [0.15, 0.2) is 0 Å². The number of carbonyl (C=O) groups is 1. The van der Waals surface area contributed by atoms with Crippen LogP contribution in [0.3, 0.4) is 0 Å². The Labute approximate surface area is 118 Å². The lowest BCUT2D eigenvalue weighted by atomic mass is 10.0. The molecule has 2 heterocycles. The quantitative estimate of drug-likeness (QED) is 0.762. The Balaban J connectivity index is 2.14. The average Bonchev–Trinajstić information content (AvgIpc) is 2.71. The van der Waals surface area contributed by atoms with E-state index >= 15 is 0 Å². The Morgan fingerprint density at radius 3 is 2.20 bits per heavy atom. The van der Waals surface area contributed by atoms with Crippen LogP contribution in [0, 0.1) is 5.92 Å². The topological polar surface area (TPSA) is 109 Å². The lowest BCUT2D eigenvalue weighted by Gasteiger charge is -2.29. The van der Waals surface area contributed by atoms with Crippen molar-refractivity contribution in [1.82, 2.24) is 4.31 Å². The number of carboxylic acids is 1. The van der Waals surface area contributed by atoms with E-state index in [-0.39, 0.29) is 30.9 Å². The predicted molar refractivity (Wildman–Crippen MR) is 72.5 cm³/mol. The van der Waals surface area contributed by atoms with Crippen molar-refractivity contribution in [2.75, 3.05) is 18.1 Å². The molecule has 2 saturated heterocycles. The van der Waals surface area contributed by atoms with Gasteiger partial charge in [0.25, 0.3) is 0 Å². The van der Waals surface area contributed by atoms with Gasteiger partial charge >= 0.3 is 5.97 Å². The zero-order chi connectivity index (χ0) is 15.1. The zero-order valence-electron chi connectivity index (χ0n) is 11.2. The highest BCUT2D eigenvalue weighted by Crippen LogP contribution is 2.31. The number of hydrogen-bond donors (Lipinski definition) is 1. The van der Waals surface area contributed by atoms with E-state index in [1.54, 1.807) is 6.92 Å². The van der Waals surface area contributed by atoms with E-state index in [1.807, 2.05) is 0 Å². The van der Waals surface area contributed by atoms with Gasteiger partial charge in [0.2, 0.25) is 10.0 Å². The van der Waals surface area contributed by atoms with E-state index < -0.39 is 43.0 Å². The van der Waals surface area contributed by atoms with Crippen LogP contribution >= 0.6 is 0 Å². The molecule has 0 spiro atoms. The molecule has 0 aromatic heterocycles. The number of sulfone groups is 1. The van der Waals surface area contributed by atoms with Crippen LogP contribution in [0.5, 0.6) is 0 Å². The minimum atomic E-state index is -3.62. The SMILES string of the molecule is CC1C(C(=O)O)CCN1S(=O)(=O)C1CCS(=O)(=O)CC1. The van der Waals surface area contributed by atoms with Crippen molar-refractivity contribution in [1.29, 1.82) is 0 Å². The highest BCUT2D eigenvalue weighted by atomic mass is 32.2. The fourth-order valence-corrected chi connectivity index (χ4v) is 6.93. The van der Waals surface area contributed by atoms with Crippen molar-refractivity contribution in [2.45, 2.75) is 37.5 Å². The molecule has 0 radical (unpaired) electrons. The molecule has 7 nitrogen and oxygen atoms in total. The molecule has 2 unspecified atom stereocenters. The standard InChI is InChI=1S/C11H19NO6S2/c1-8-10(11(13)14)2-5-12(8)20(17,18)9-3-6-19(15,16)7-4-9/h8-10H,2-7H2,1H3,(H,13,14). The number of hydrogen-bond acceptors (Lipinski definition) is 5. The van der Waals surface area contributed by atoms with Gasteiger partial charge in [-0.2, -0.15) is 4.31 Å². The molecule has 116 valence electrons. The maximum absolute atomic E-state index is 12.5. The Morgan fingerprint density at radius 1 is 1.20 bits per heavy atom. The van der Waals surface area contributed by atoms with Gasteiger partial charge in [-0.15, -0.1) is 0 Å². The molecule has 0 aliphatic carbocycles. The first-order valence-electron chi connectivity index (χ1n) is 6.59. The molecule has 0 amide bonds. The summed E-state index contributed by atoms with van der Waals surface area (Å²) >= 11 is 0. The van der Waals surface area contributed by atoms with Crippen LogP contribution < -0.4 is 0 Å². The Morgan fingerprint density at radius 2 is 1.75 bits per heavy atom. The molecule has 1 N–H and O–H groups in total. The second kappa shape index (κ2) is 5.27. The third-order valence-corrected chi connectivity index (χ3v) is 8.46. The number of aliphatic carboxylic acids is 1. The highest BCUT2D eigenvalue weighted by Gasteiger charge is 2.45. The van der Waals surface area contributed by atoms with Crippen molar-refractivity contribution in [3.63, 3.8) is 0 Å². The molecule has 9 heteroatoms. The summed E-state index contributed by atoms with van der Waals surface area (Å²) in [5, 5.41) is 8.34. The first kappa shape index (κ1) is 15.7. The number of rotatable bonds is 3. The molecule has 0 bridgehead atoms. The fraction of sp³-hybridized carbons (Fsp3) is 0.909. The van der Waals surface area contributed by atoms with Crippen LogP contribution in [0.25, 0.3) is 0 Å². The minimum absolute atomic E-state index is 0.103. The maximum atomic E-state index is 12.5. The maximum Gasteiger partial charge on any atom is 0.308 e. The van der Waals surface area contributed by atoms with E-state index in [1.165, 1.54) is 4.31 Å². The summed E-state index contributed by atoms with van der Waals surface area (Å²) in [6, 6.07) is -0.573. The third-order valence-electron chi connectivity index (χ3n) is 4.26. The van der Waals surface area contributed by atoms with Crippen molar-refractivity contribution >= 4 is 25.8 Å². The molecule has 2 fully saturated rings. The van der Waals surface area contributed by atoms with Gasteiger partial charge in [-0.25, -0.2) is 16.8 Å². The molecule has 20 heavy (non-hydrogen) atoms. The van der Waals surface area contributed by atoms with Gasteiger partial charge < -0.3 is 5.11 Å². The summed E-state index contributed by atoms with van der Waals surface area (Å²) in [5.74, 6) is -1.89. The van der Waals surface area contributed by atoms with E-state index in [2.05, 4.69) is 0 Å².